The summed E-state index contributed by atoms with van der Waals surface area (Å²) in [5.74, 6) is -0.233. The molecule has 11 nitrogen and oxygen atoms in total. The number of fused-ring (bicyclic) bond motifs is 2. The lowest BCUT2D eigenvalue weighted by Crippen LogP contribution is -2.20. The molecule has 0 bridgehead atoms. The van der Waals surface area contributed by atoms with E-state index in [9.17, 15) is 10.1 Å². The van der Waals surface area contributed by atoms with Gasteiger partial charge in [0.15, 0.2) is 17.2 Å². The molecule has 5 rings (SSSR count). The molecule has 0 atom stereocenters. The van der Waals surface area contributed by atoms with E-state index in [0.29, 0.717) is 58.3 Å². The van der Waals surface area contributed by atoms with E-state index in [1.165, 1.54) is 24.7 Å². The predicted octanol–water partition coefficient (Wildman–Crippen LogP) is 4.89. The van der Waals surface area contributed by atoms with Crippen LogP contribution in [0.4, 0.5) is 21.5 Å². The number of aromatic nitrogens is 4. The van der Waals surface area contributed by atoms with Crippen LogP contribution < -0.4 is 20.1 Å². The summed E-state index contributed by atoms with van der Waals surface area (Å²) in [6, 6.07) is 13.1. The molecule has 2 N–H and O–H groups in total. The fourth-order valence-corrected chi connectivity index (χ4v) is 3.97. The lowest BCUT2D eigenvalue weighted by molar-refractivity contribution is -0.111. The van der Waals surface area contributed by atoms with Crippen LogP contribution in [0.25, 0.3) is 16.6 Å². The van der Waals surface area contributed by atoms with Gasteiger partial charge in [0.25, 0.3) is 0 Å². The fraction of sp³-hybridized carbons (Fsp3) is 0.138. The first-order chi connectivity index (χ1) is 19.8. The van der Waals surface area contributed by atoms with Crippen molar-refractivity contribution >= 4 is 39.5 Å². The number of likely N-dealkylation sites (N-methyl/N-ethyl adjacent to an activating group) is 1. The molecule has 0 aliphatic heterocycles. The Bertz CT molecular complexity index is 1810. The number of anilines is 3. The number of amides is 1. The number of nitriles is 1. The molecule has 5 aromatic rings. The lowest BCUT2D eigenvalue weighted by Gasteiger charge is -2.17. The van der Waals surface area contributed by atoms with Gasteiger partial charge in [-0.05, 0) is 44.4 Å². The smallest absolute Gasteiger partial charge is 0.247 e. The second-order valence-electron chi connectivity index (χ2n) is 9.17. The van der Waals surface area contributed by atoms with Crippen LogP contribution in [0.15, 0.2) is 73.8 Å². The molecule has 0 radical (unpaired) electrons. The first-order valence-electron chi connectivity index (χ1n) is 12.5. The molecule has 0 spiro atoms. The van der Waals surface area contributed by atoms with Crippen molar-refractivity contribution in [1.29, 1.82) is 5.26 Å². The quantitative estimate of drug-likeness (QED) is 0.233. The Labute approximate surface area is 234 Å². The number of hydrogen-bond donors (Lipinski definition) is 2. The van der Waals surface area contributed by atoms with Gasteiger partial charge in [-0.3, -0.25) is 9.78 Å². The van der Waals surface area contributed by atoms with E-state index < -0.39 is 11.7 Å². The molecule has 0 unspecified atom stereocenters. The highest BCUT2D eigenvalue weighted by Crippen LogP contribution is 2.37. The molecule has 3 heterocycles. The minimum Gasteiger partial charge on any atom is -0.490 e. The molecule has 0 saturated heterocycles. The Morgan fingerprint density at radius 2 is 2.05 bits per heavy atom. The van der Waals surface area contributed by atoms with Crippen molar-refractivity contribution in [2.45, 2.75) is 0 Å². The zero-order valence-corrected chi connectivity index (χ0v) is 22.3. The van der Waals surface area contributed by atoms with E-state index in [1.807, 2.05) is 19.0 Å². The van der Waals surface area contributed by atoms with Gasteiger partial charge >= 0.3 is 0 Å². The van der Waals surface area contributed by atoms with E-state index in [0.717, 1.165) is 6.08 Å². The summed E-state index contributed by atoms with van der Waals surface area (Å²) in [7, 11) is 3.85. The summed E-state index contributed by atoms with van der Waals surface area (Å²) < 4.78 is 28.3. The number of carbonyl (C=O) groups excluding carboxylic acids is 1. The van der Waals surface area contributed by atoms with E-state index in [2.05, 4.69) is 38.3 Å². The number of carbonyl (C=O) groups is 1. The third-order valence-electron chi connectivity index (χ3n) is 6.01. The highest BCUT2D eigenvalue weighted by Gasteiger charge is 2.16. The van der Waals surface area contributed by atoms with Crippen molar-refractivity contribution in [3.63, 3.8) is 0 Å². The Kier molecular flexibility index (Phi) is 7.71. The van der Waals surface area contributed by atoms with Crippen molar-refractivity contribution < 1.29 is 18.7 Å². The average Bonchev–Trinajstić information content (AvgIpc) is 3.43. The van der Waals surface area contributed by atoms with Gasteiger partial charge in [-0.25, -0.2) is 13.9 Å². The second kappa shape index (κ2) is 11.7. The topological polar surface area (TPSA) is 130 Å². The molecular weight excluding hydrogens is 527 g/mol. The Morgan fingerprint density at radius 1 is 1.20 bits per heavy atom. The summed E-state index contributed by atoms with van der Waals surface area (Å²) in [5, 5.41) is 20.2. The van der Waals surface area contributed by atoms with Crippen molar-refractivity contribution in [1.82, 2.24) is 24.5 Å². The SMILES string of the molecule is C=CC(=O)Nc1cc2c(Nc3ccc(Oc4ccn5ncnc5c4)c(F)c3)c(C#N)cnc2cc1OCCN(C)C. The number of pyridine rings is 2. The monoisotopic (exact) mass is 552 g/mol. The van der Waals surface area contributed by atoms with E-state index in [1.54, 1.807) is 41.0 Å². The predicted molar refractivity (Wildman–Crippen MR) is 152 cm³/mol. The summed E-state index contributed by atoms with van der Waals surface area (Å²) in [4.78, 5) is 22.6. The Balaban J connectivity index is 1.47. The number of ether oxygens (including phenoxy) is 2. The van der Waals surface area contributed by atoms with E-state index in [4.69, 9.17) is 9.47 Å². The van der Waals surface area contributed by atoms with Crippen molar-refractivity contribution in [2.24, 2.45) is 0 Å². The molecule has 206 valence electrons. The maximum Gasteiger partial charge on any atom is 0.247 e. The average molecular weight is 553 g/mol. The third kappa shape index (κ3) is 6.05. The van der Waals surface area contributed by atoms with Crippen molar-refractivity contribution in [3.8, 4) is 23.3 Å². The molecule has 0 fully saturated rings. The molecule has 1 amide bonds. The molecule has 12 heteroatoms. The van der Waals surface area contributed by atoms with Crippen LogP contribution in [-0.4, -0.2) is 57.6 Å². The molecule has 0 aliphatic rings. The van der Waals surface area contributed by atoms with Gasteiger partial charge < -0.3 is 25.0 Å². The number of hydrogen-bond acceptors (Lipinski definition) is 9. The van der Waals surface area contributed by atoms with Gasteiger partial charge in [0.1, 0.15) is 30.5 Å². The zero-order valence-electron chi connectivity index (χ0n) is 22.3. The lowest BCUT2D eigenvalue weighted by atomic mass is 10.1. The standard InChI is InChI=1S/C29H25FN8O3/c1-4-28(39)36-24-13-21-23(14-26(24)40-10-9-37(2)3)32-16-18(15-31)29(21)35-19-5-6-25(22(30)11-19)41-20-7-8-38-27(12-20)33-17-34-38/h4-8,11-14,16-17H,1,9-10H2,2-3H3,(H,32,35)(H,36,39). The Morgan fingerprint density at radius 3 is 2.80 bits per heavy atom. The van der Waals surface area contributed by atoms with Crippen LogP contribution >= 0.6 is 0 Å². The summed E-state index contributed by atoms with van der Waals surface area (Å²) in [6.07, 6.45) is 5.64. The maximum absolute atomic E-state index is 15.1. The van der Waals surface area contributed by atoms with Crippen LogP contribution in [-0.2, 0) is 4.79 Å². The van der Waals surface area contributed by atoms with Crippen LogP contribution in [0.1, 0.15) is 5.56 Å². The minimum atomic E-state index is -0.622. The van der Waals surface area contributed by atoms with Gasteiger partial charge in [-0.2, -0.15) is 10.4 Å². The summed E-state index contributed by atoms with van der Waals surface area (Å²) in [6.45, 7) is 4.53. The Hall–Kier alpha value is -5.54. The van der Waals surface area contributed by atoms with Crippen LogP contribution in [0.2, 0.25) is 0 Å². The first-order valence-corrected chi connectivity index (χ1v) is 12.5. The summed E-state index contributed by atoms with van der Waals surface area (Å²) in [5.41, 5.74) is 2.42. The van der Waals surface area contributed by atoms with E-state index in [-0.39, 0.29) is 11.3 Å². The second-order valence-corrected chi connectivity index (χ2v) is 9.17. The molecule has 0 saturated carbocycles. The van der Waals surface area contributed by atoms with Gasteiger partial charge in [0.2, 0.25) is 5.91 Å². The third-order valence-corrected chi connectivity index (χ3v) is 6.01. The molecular formula is C29H25FN8O3. The van der Waals surface area contributed by atoms with Crippen LogP contribution in [0.5, 0.6) is 17.2 Å². The molecule has 0 aliphatic carbocycles. The van der Waals surface area contributed by atoms with Crippen LogP contribution in [0, 0.1) is 17.1 Å². The van der Waals surface area contributed by atoms with Crippen molar-refractivity contribution in [2.75, 3.05) is 37.9 Å². The normalized spacial score (nSPS) is 10.9. The van der Waals surface area contributed by atoms with Crippen molar-refractivity contribution in [3.05, 3.63) is 85.2 Å². The largest absolute Gasteiger partial charge is 0.490 e. The van der Waals surface area contributed by atoms with Gasteiger partial charge in [-0.1, -0.05) is 6.58 Å². The van der Waals surface area contributed by atoms with Crippen LogP contribution in [0.3, 0.4) is 0 Å². The minimum absolute atomic E-state index is 0.00782. The summed E-state index contributed by atoms with van der Waals surface area (Å²) >= 11 is 0. The maximum atomic E-state index is 15.1. The molecule has 2 aromatic carbocycles. The fourth-order valence-electron chi connectivity index (χ4n) is 3.97. The highest BCUT2D eigenvalue weighted by atomic mass is 19.1. The first kappa shape index (κ1) is 27.0. The van der Waals surface area contributed by atoms with E-state index >= 15 is 4.39 Å². The number of rotatable bonds is 10. The molecule has 3 aromatic heterocycles. The van der Waals surface area contributed by atoms with Gasteiger partial charge in [0.05, 0.1) is 22.5 Å². The molecule has 41 heavy (non-hydrogen) atoms. The number of halogens is 1. The van der Waals surface area contributed by atoms with Gasteiger partial charge in [0, 0.05) is 48.2 Å². The number of nitrogens with one attached hydrogen (secondary N) is 2. The highest BCUT2D eigenvalue weighted by molar-refractivity contribution is 6.04. The number of nitrogens with zero attached hydrogens (tertiary/aromatic N) is 6. The van der Waals surface area contributed by atoms with Gasteiger partial charge in [-0.15, -0.1) is 0 Å². The number of benzene rings is 2. The zero-order chi connectivity index (χ0) is 28.9.